The number of aryl methyl sites for hydroxylation is 1. The monoisotopic (exact) mass is 477 g/mol. The van der Waals surface area contributed by atoms with Crippen LogP contribution in [0.5, 0.6) is 5.75 Å². The van der Waals surface area contributed by atoms with Gasteiger partial charge in [0.1, 0.15) is 24.4 Å². The molecule has 0 fully saturated rings. The van der Waals surface area contributed by atoms with E-state index in [-0.39, 0.29) is 0 Å². The first-order valence-corrected chi connectivity index (χ1v) is 10.7. The molecule has 0 aliphatic carbocycles. The summed E-state index contributed by atoms with van der Waals surface area (Å²) in [5.74, 6) is -0.434. The molecule has 0 spiro atoms. The van der Waals surface area contributed by atoms with Crippen LogP contribution in [0.25, 0.3) is 10.9 Å². The summed E-state index contributed by atoms with van der Waals surface area (Å²) in [6, 6.07) is 18.9. The maximum atomic E-state index is 12.4. The molecular weight excluding hydrogens is 458 g/mol. The Labute approximate surface area is 199 Å². The van der Waals surface area contributed by atoms with E-state index < -0.39 is 23.9 Å². The lowest BCUT2D eigenvalue weighted by molar-refractivity contribution is -0.122. The second kappa shape index (κ2) is 10.1. The summed E-state index contributed by atoms with van der Waals surface area (Å²) < 4.78 is 6.68. The molecule has 0 saturated carbocycles. The van der Waals surface area contributed by atoms with Crippen molar-refractivity contribution in [1.82, 2.24) is 25.8 Å². The quantitative estimate of drug-likeness (QED) is 0.413. The number of hydrogen-bond acceptors (Lipinski definition) is 6. The zero-order valence-corrected chi connectivity index (χ0v) is 18.9. The molecule has 0 bridgehead atoms. The van der Waals surface area contributed by atoms with Crippen molar-refractivity contribution in [2.75, 3.05) is 0 Å². The molecule has 0 radical (unpaired) electrons. The van der Waals surface area contributed by atoms with Crippen LogP contribution in [-0.4, -0.2) is 26.8 Å². The van der Waals surface area contributed by atoms with E-state index in [1.54, 1.807) is 60.7 Å². The fourth-order valence-corrected chi connectivity index (χ4v) is 3.24. The van der Waals surface area contributed by atoms with E-state index in [2.05, 4.69) is 21.2 Å². The van der Waals surface area contributed by atoms with Gasteiger partial charge < -0.3 is 4.74 Å². The van der Waals surface area contributed by atoms with E-state index in [1.165, 1.54) is 0 Å². The fraction of sp³-hybridized carbons (Fsp3) is 0.125. The van der Waals surface area contributed by atoms with Crippen molar-refractivity contribution in [2.24, 2.45) is 0 Å². The molecule has 4 rings (SSSR count). The maximum absolute atomic E-state index is 12.4. The Kier molecular flexibility index (Phi) is 6.84. The Morgan fingerprint density at radius 1 is 1.03 bits per heavy atom. The minimum absolute atomic E-state index is 0.321. The third kappa shape index (κ3) is 5.38. The molecule has 0 aliphatic heterocycles. The molecule has 1 heterocycles. The minimum atomic E-state index is -0.622. The topological polar surface area (TPSA) is 115 Å². The summed E-state index contributed by atoms with van der Waals surface area (Å²) in [5, 5.41) is 8.69. The van der Waals surface area contributed by atoms with Crippen molar-refractivity contribution >= 4 is 34.3 Å². The second-order valence-electron chi connectivity index (χ2n) is 7.47. The molecule has 0 saturated heterocycles. The highest BCUT2D eigenvalue weighted by atomic mass is 35.5. The van der Waals surface area contributed by atoms with Crippen molar-refractivity contribution in [3.05, 3.63) is 98.8 Å². The number of carbonyl (C=O) groups is 2. The lowest BCUT2D eigenvalue weighted by Crippen LogP contribution is -2.44. The molecule has 10 heteroatoms. The zero-order chi connectivity index (χ0) is 24.1. The predicted octanol–water partition coefficient (Wildman–Crippen LogP) is 2.79. The van der Waals surface area contributed by atoms with Crippen molar-refractivity contribution in [2.45, 2.75) is 20.1 Å². The number of hydrazine groups is 1. The van der Waals surface area contributed by atoms with E-state index in [1.807, 2.05) is 13.0 Å². The molecular formula is C24H20ClN5O4. The van der Waals surface area contributed by atoms with Gasteiger partial charge in [0.05, 0.1) is 5.39 Å². The number of nitrogens with one attached hydrogen (secondary N) is 2. The van der Waals surface area contributed by atoms with Gasteiger partial charge in [-0.15, -0.1) is 5.10 Å². The molecule has 0 unspecified atom stereocenters. The van der Waals surface area contributed by atoms with Crippen LogP contribution in [0.4, 0.5) is 0 Å². The molecule has 1 aromatic heterocycles. The molecule has 4 aromatic rings. The number of fused-ring (bicyclic) bond motifs is 1. The van der Waals surface area contributed by atoms with Gasteiger partial charge in [-0.3, -0.25) is 25.2 Å². The van der Waals surface area contributed by atoms with Gasteiger partial charge >= 0.3 is 0 Å². The van der Waals surface area contributed by atoms with Crippen molar-refractivity contribution in [1.29, 1.82) is 0 Å². The second-order valence-corrected chi connectivity index (χ2v) is 7.88. The van der Waals surface area contributed by atoms with E-state index >= 15 is 0 Å². The van der Waals surface area contributed by atoms with E-state index in [4.69, 9.17) is 16.3 Å². The molecule has 34 heavy (non-hydrogen) atoms. The molecule has 2 N–H and O–H groups in total. The van der Waals surface area contributed by atoms with Crippen molar-refractivity contribution in [3.63, 3.8) is 0 Å². The lowest BCUT2D eigenvalue weighted by atomic mass is 10.1. The first-order valence-electron chi connectivity index (χ1n) is 10.3. The van der Waals surface area contributed by atoms with Crippen LogP contribution < -0.4 is 21.1 Å². The van der Waals surface area contributed by atoms with Crippen LogP contribution in [-0.2, 0) is 17.9 Å². The predicted molar refractivity (Wildman–Crippen MR) is 126 cm³/mol. The lowest BCUT2D eigenvalue weighted by Gasteiger charge is -2.10. The van der Waals surface area contributed by atoms with E-state index in [9.17, 15) is 14.4 Å². The third-order valence-electron chi connectivity index (χ3n) is 4.99. The van der Waals surface area contributed by atoms with Gasteiger partial charge in [-0.2, -0.15) is 0 Å². The number of nitrogens with zero attached hydrogens (tertiary/aromatic N) is 3. The van der Waals surface area contributed by atoms with Gasteiger partial charge in [-0.05, 0) is 60.5 Å². The van der Waals surface area contributed by atoms with E-state index in [0.29, 0.717) is 33.8 Å². The van der Waals surface area contributed by atoms with Crippen LogP contribution in [0.3, 0.4) is 0 Å². The van der Waals surface area contributed by atoms with Crippen molar-refractivity contribution in [3.8, 4) is 5.75 Å². The fourth-order valence-electron chi connectivity index (χ4n) is 3.13. The van der Waals surface area contributed by atoms with E-state index in [0.717, 1.165) is 15.8 Å². The van der Waals surface area contributed by atoms with Crippen LogP contribution in [0.1, 0.15) is 21.5 Å². The minimum Gasteiger partial charge on any atom is -0.489 e. The van der Waals surface area contributed by atoms with Crippen LogP contribution in [0, 0.1) is 6.92 Å². The first kappa shape index (κ1) is 22.9. The van der Waals surface area contributed by atoms with Crippen molar-refractivity contribution < 1.29 is 14.3 Å². The highest BCUT2D eigenvalue weighted by Crippen LogP contribution is 2.21. The summed E-state index contributed by atoms with van der Waals surface area (Å²) in [7, 11) is 0. The summed E-state index contributed by atoms with van der Waals surface area (Å²) >= 11 is 6.02. The largest absolute Gasteiger partial charge is 0.489 e. The normalized spacial score (nSPS) is 10.6. The Hall–Kier alpha value is -4.24. The smallest absolute Gasteiger partial charge is 0.278 e. The number of benzene rings is 3. The zero-order valence-electron chi connectivity index (χ0n) is 18.1. The Balaban J connectivity index is 1.29. The highest BCUT2D eigenvalue weighted by Gasteiger charge is 2.11. The average Bonchev–Trinajstić information content (AvgIpc) is 2.85. The summed E-state index contributed by atoms with van der Waals surface area (Å²) in [5.41, 5.74) is 6.71. The Morgan fingerprint density at radius 2 is 1.79 bits per heavy atom. The molecule has 3 aromatic carbocycles. The van der Waals surface area contributed by atoms with Crippen LogP contribution >= 0.6 is 11.6 Å². The van der Waals surface area contributed by atoms with Gasteiger partial charge in [0.15, 0.2) is 0 Å². The summed E-state index contributed by atoms with van der Waals surface area (Å²) in [6.45, 7) is 1.83. The van der Waals surface area contributed by atoms with Gasteiger partial charge in [0.25, 0.3) is 17.4 Å². The Bertz CT molecular complexity index is 1420. The number of ether oxygens (including phenoxy) is 1. The highest BCUT2D eigenvalue weighted by molar-refractivity contribution is 6.31. The number of halogens is 1. The molecule has 172 valence electrons. The first-order chi connectivity index (χ1) is 16.4. The number of aromatic nitrogens is 3. The number of rotatable bonds is 6. The van der Waals surface area contributed by atoms with Crippen LogP contribution in [0.2, 0.25) is 5.02 Å². The average molecular weight is 478 g/mol. The number of hydrogen-bond donors (Lipinski definition) is 2. The molecule has 0 aliphatic rings. The number of carbonyl (C=O) groups excluding carboxylic acids is 2. The van der Waals surface area contributed by atoms with Gasteiger partial charge in [0, 0.05) is 10.6 Å². The summed E-state index contributed by atoms with van der Waals surface area (Å²) in [4.78, 5) is 36.9. The molecule has 2 amide bonds. The van der Waals surface area contributed by atoms with Gasteiger partial charge in [0.2, 0.25) is 0 Å². The number of amides is 2. The summed E-state index contributed by atoms with van der Waals surface area (Å²) in [6.07, 6.45) is 0. The van der Waals surface area contributed by atoms with Gasteiger partial charge in [-0.25, -0.2) is 4.68 Å². The maximum Gasteiger partial charge on any atom is 0.278 e. The van der Waals surface area contributed by atoms with Crippen LogP contribution in [0.15, 0.2) is 71.5 Å². The molecule has 0 atom stereocenters. The third-order valence-corrected chi connectivity index (χ3v) is 5.41. The standard InChI is InChI=1S/C24H20ClN5O4/c1-15-12-18(10-11-20(15)25)34-14-16-6-8-17(9-7-16)23(32)28-27-22(31)13-30-24(33)19-4-2-3-5-21(19)26-29-30/h2-12H,13-14H2,1H3,(H,27,31)(H,28,32). The van der Waals surface area contributed by atoms with Gasteiger partial charge in [-0.1, -0.05) is 41.1 Å². The SMILES string of the molecule is Cc1cc(OCc2ccc(C(=O)NNC(=O)Cn3nnc4ccccc4c3=O)cc2)ccc1Cl. The molecule has 9 nitrogen and oxygen atoms in total. The Morgan fingerprint density at radius 3 is 2.56 bits per heavy atom.